The number of halogens is 1. The highest BCUT2D eigenvalue weighted by molar-refractivity contribution is 6.32. The van der Waals surface area contributed by atoms with Gasteiger partial charge in [0.2, 0.25) is 11.8 Å². The summed E-state index contributed by atoms with van der Waals surface area (Å²) in [4.78, 5) is 53.1. The maximum Gasteiger partial charge on any atom is 0.347 e. The molecule has 4 rings (SSSR count). The van der Waals surface area contributed by atoms with Gasteiger partial charge in [-0.15, -0.1) is 0 Å². The Morgan fingerprint density at radius 2 is 1.74 bits per heavy atom. The standard InChI is InChI=1S/C35H45ClN2O8/c1-20(2)16-29-35(42)44-27(22(4)31-32(46-31)24-10-7-6-8-11-24)12-9-13-30(39)38-26(33(40)37-19-21(3)34(41)45-29)18-23-14-15-28(43-5)25(36)17-23/h6-8,10-11,14-15,17,20-22,26-27,29,31-32H,9,12-13,16,18-19H2,1-5H3,(H,37,40)(H,38,39)/t21-,22+,26-,27?,29+,31?,32?/m1/s1. The average Bonchev–Trinajstić information content (AvgIpc) is 3.83. The van der Waals surface area contributed by atoms with Gasteiger partial charge in [0, 0.05) is 25.3 Å². The zero-order valence-electron chi connectivity index (χ0n) is 27.1. The maximum atomic E-state index is 13.5. The normalized spacial score (nSPS) is 27.2. The summed E-state index contributed by atoms with van der Waals surface area (Å²) in [5, 5.41) is 5.98. The van der Waals surface area contributed by atoms with Crippen LogP contribution in [0, 0.1) is 17.8 Å². The molecule has 0 aliphatic carbocycles. The van der Waals surface area contributed by atoms with E-state index in [9.17, 15) is 19.2 Å². The lowest BCUT2D eigenvalue weighted by Gasteiger charge is -2.27. The zero-order chi connectivity index (χ0) is 33.4. The van der Waals surface area contributed by atoms with Crippen LogP contribution in [0.4, 0.5) is 0 Å². The Kier molecular flexibility index (Phi) is 12.5. The van der Waals surface area contributed by atoms with Crippen molar-refractivity contribution in [2.24, 2.45) is 17.8 Å². The van der Waals surface area contributed by atoms with Gasteiger partial charge in [-0.2, -0.15) is 0 Å². The predicted molar refractivity (Wildman–Crippen MR) is 172 cm³/mol. The number of hydrogen-bond donors (Lipinski definition) is 2. The fraction of sp³-hybridized carbons (Fsp3) is 0.543. The molecule has 10 nitrogen and oxygen atoms in total. The topological polar surface area (TPSA) is 133 Å². The van der Waals surface area contributed by atoms with Crippen LogP contribution in [0.15, 0.2) is 48.5 Å². The number of nitrogens with one attached hydrogen (secondary N) is 2. The van der Waals surface area contributed by atoms with Gasteiger partial charge in [-0.1, -0.05) is 75.7 Å². The van der Waals surface area contributed by atoms with Crippen molar-refractivity contribution in [3.63, 3.8) is 0 Å². The van der Waals surface area contributed by atoms with Gasteiger partial charge in [-0.05, 0) is 48.4 Å². The average molecular weight is 657 g/mol. The van der Waals surface area contributed by atoms with Crippen LogP contribution < -0.4 is 15.4 Å². The zero-order valence-corrected chi connectivity index (χ0v) is 27.9. The van der Waals surface area contributed by atoms with Crippen molar-refractivity contribution < 1.29 is 38.1 Å². The fourth-order valence-electron chi connectivity index (χ4n) is 5.65. The molecule has 2 aromatic carbocycles. The molecule has 3 unspecified atom stereocenters. The molecule has 2 heterocycles. The Bertz CT molecular complexity index is 1370. The second kappa shape index (κ2) is 16.3. The summed E-state index contributed by atoms with van der Waals surface area (Å²) in [6, 6.07) is 14.1. The molecule has 2 fully saturated rings. The predicted octanol–water partition coefficient (Wildman–Crippen LogP) is 4.96. The van der Waals surface area contributed by atoms with Gasteiger partial charge in [-0.3, -0.25) is 14.4 Å². The number of hydrogen-bond acceptors (Lipinski definition) is 8. The molecule has 46 heavy (non-hydrogen) atoms. The summed E-state index contributed by atoms with van der Waals surface area (Å²) in [6.07, 6.45) is -0.629. The van der Waals surface area contributed by atoms with Crippen LogP contribution in [0.25, 0.3) is 0 Å². The van der Waals surface area contributed by atoms with Crippen LogP contribution in [0.2, 0.25) is 5.02 Å². The van der Waals surface area contributed by atoms with Crippen molar-refractivity contribution in [1.29, 1.82) is 0 Å². The molecule has 2 amide bonds. The molecule has 2 aromatic rings. The van der Waals surface area contributed by atoms with Gasteiger partial charge in [-0.25, -0.2) is 4.79 Å². The first-order valence-corrected chi connectivity index (χ1v) is 16.4. The number of methoxy groups -OCH3 is 1. The van der Waals surface area contributed by atoms with Crippen LogP contribution in [-0.2, 0) is 39.8 Å². The Morgan fingerprint density at radius 3 is 2.41 bits per heavy atom. The Hall–Kier alpha value is -3.63. The summed E-state index contributed by atoms with van der Waals surface area (Å²) in [5.74, 6) is -2.42. The molecule has 0 aromatic heterocycles. The molecule has 0 bridgehead atoms. The van der Waals surface area contributed by atoms with Gasteiger partial charge < -0.3 is 29.6 Å². The number of cyclic esters (lactones) is 2. The summed E-state index contributed by atoms with van der Waals surface area (Å²) >= 11 is 6.31. The fourth-order valence-corrected chi connectivity index (χ4v) is 5.93. The summed E-state index contributed by atoms with van der Waals surface area (Å²) in [5.41, 5.74) is 1.77. The third-order valence-corrected chi connectivity index (χ3v) is 8.71. The molecule has 0 saturated carbocycles. The number of epoxide rings is 1. The number of carbonyl (C=O) groups is 4. The Balaban J connectivity index is 1.54. The molecule has 0 radical (unpaired) electrons. The monoisotopic (exact) mass is 656 g/mol. The van der Waals surface area contributed by atoms with Crippen LogP contribution >= 0.6 is 11.6 Å². The number of carbonyl (C=O) groups excluding carboxylic acids is 4. The van der Waals surface area contributed by atoms with E-state index >= 15 is 0 Å². The molecular formula is C35H45ClN2O8. The van der Waals surface area contributed by atoms with Gasteiger partial charge in [0.25, 0.3) is 0 Å². The molecule has 0 spiro atoms. The van der Waals surface area contributed by atoms with Crippen LogP contribution in [-0.4, -0.2) is 61.8 Å². The lowest BCUT2D eigenvalue weighted by molar-refractivity contribution is -0.176. The lowest BCUT2D eigenvalue weighted by atomic mass is 9.92. The molecule has 2 saturated heterocycles. The van der Waals surface area contributed by atoms with Crippen molar-refractivity contribution in [2.45, 2.75) is 90.3 Å². The van der Waals surface area contributed by atoms with E-state index in [1.807, 2.05) is 51.1 Å². The first-order chi connectivity index (χ1) is 22.0. The van der Waals surface area contributed by atoms with Gasteiger partial charge in [0.05, 0.1) is 24.2 Å². The van der Waals surface area contributed by atoms with Crippen LogP contribution in [0.3, 0.4) is 0 Å². The van der Waals surface area contributed by atoms with Crippen LogP contribution in [0.5, 0.6) is 5.75 Å². The Morgan fingerprint density at radius 1 is 1.00 bits per heavy atom. The number of amides is 2. The number of esters is 2. The van der Waals surface area contributed by atoms with Gasteiger partial charge >= 0.3 is 11.9 Å². The van der Waals surface area contributed by atoms with Crippen molar-refractivity contribution in [3.05, 3.63) is 64.7 Å². The largest absolute Gasteiger partial charge is 0.495 e. The summed E-state index contributed by atoms with van der Waals surface area (Å²) in [6.45, 7) is 7.40. The van der Waals surface area contributed by atoms with E-state index in [4.69, 9.17) is 30.5 Å². The van der Waals surface area contributed by atoms with Gasteiger partial charge in [0.1, 0.15) is 24.0 Å². The van der Waals surface area contributed by atoms with E-state index in [-0.39, 0.29) is 55.8 Å². The highest BCUT2D eigenvalue weighted by Crippen LogP contribution is 2.45. The second-order valence-corrected chi connectivity index (χ2v) is 13.1. The Labute approximate surface area is 275 Å². The van der Waals surface area contributed by atoms with Crippen molar-refractivity contribution >= 4 is 35.4 Å². The number of ether oxygens (including phenoxy) is 4. The summed E-state index contributed by atoms with van der Waals surface area (Å²) < 4.78 is 23.0. The third kappa shape index (κ3) is 9.69. The van der Waals surface area contributed by atoms with E-state index in [0.717, 1.165) is 11.1 Å². The second-order valence-electron chi connectivity index (χ2n) is 12.7. The van der Waals surface area contributed by atoms with Crippen molar-refractivity contribution in [1.82, 2.24) is 10.6 Å². The molecule has 2 N–H and O–H groups in total. The number of benzene rings is 2. The van der Waals surface area contributed by atoms with E-state index < -0.39 is 42.0 Å². The minimum absolute atomic E-state index is 0.0452. The van der Waals surface area contributed by atoms with E-state index in [2.05, 4.69) is 10.6 Å². The maximum absolute atomic E-state index is 13.5. The molecule has 7 atom stereocenters. The molecule has 250 valence electrons. The first kappa shape index (κ1) is 35.2. The minimum Gasteiger partial charge on any atom is -0.495 e. The highest BCUT2D eigenvalue weighted by Gasteiger charge is 2.47. The minimum atomic E-state index is -1.10. The first-order valence-electron chi connectivity index (χ1n) is 16.0. The third-order valence-electron chi connectivity index (χ3n) is 8.42. The SMILES string of the molecule is COc1ccc(C[C@H]2NC(=O)CCCC([C@H](C)C3OC3c3ccccc3)OC(=O)[C@H](CC(C)C)OC(=O)[C@H](C)CNC2=O)cc1Cl. The van der Waals surface area contributed by atoms with E-state index in [1.165, 1.54) is 7.11 Å². The number of rotatable bonds is 8. The van der Waals surface area contributed by atoms with Crippen molar-refractivity contribution in [2.75, 3.05) is 13.7 Å². The molecule has 2 aliphatic rings. The lowest BCUT2D eigenvalue weighted by Crippen LogP contribution is -2.49. The highest BCUT2D eigenvalue weighted by atomic mass is 35.5. The van der Waals surface area contributed by atoms with E-state index in [1.54, 1.807) is 25.1 Å². The molecule has 11 heteroatoms. The van der Waals surface area contributed by atoms with Gasteiger partial charge in [0.15, 0.2) is 6.10 Å². The van der Waals surface area contributed by atoms with Crippen molar-refractivity contribution in [3.8, 4) is 5.75 Å². The quantitative estimate of drug-likeness (QED) is 0.301. The summed E-state index contributed by atoms with van der Waals surface area (Å²) in [7, 11) is 1.51. The van der Waals surface area contributed by atoms with Crippen LogP contribution in [0.1, 0.15) is 70.6 Å². The molecule has 2 aliphatic heterocycles. The molecular weight excluding hydrogens is 612 g/mol. The van der Waals surface area contributed by atoms with E-state index in [0.29, 0.717) is 23.6 Å². The smallest absolute Gasteiger partial charge is 0.347 e.